The van der Waals surface area contributed by atoms with Crippen LogP contribution in [0.2, 0.25) is 0 Å². The number of hydrogen-bond donors (Lipinski definition) is 0. The maximum atomic E-state index is 13.2. The Bertz CT molecular complexity index is 946. The molecule has 1 aliphatic heterocycles. The average Bonchev–Trinajstić information content (AvgIpc) is 2.95. The lowest BCUT2D eigenvalue weighted by Gasteiger charge is -2.23. The van der Waals surface area contributed by atoms with Gasteiger partial charge in [0.2, 0.25) is 0 Å². The van der Waals surface area contributed by atoms with Crippen molar-refractivity contribution in [3.63, 3.8) is 0 Å². The predicted molar refractivity (Wildman–Crippen MR) is 107 cm³/mol. The average molecular weight is 384 g/mol. The molecule has 0 aromatic heterocycles. The highest BCUT2D eigenvalue weighted by Gasteiger charge is 2.43. The van der Waals surface area contributed by atoms with E-state index in [0.717, 1.165) is 41.1 Å². The summed E-state index contributed by atoms with van der Waals surface area (Å²) in [5.41, 5.74) is 2.17. The molecule has 4 nitrogen and oxygen atoms in total. The van der Waals surface area contributed by atoms with Gasteiger partial charge in [-0.05, 0) is 43.5 Å². The number of amides is 1. The van der Waals surface area contributed by atoms with Crippen LogP contribution in [0.3, 0.4) is 0 Å². The van der Waals surface area contributed by atoms with Crippen LogP contribution in [0.4, 0.5) is 0 Å². The summed E-state index contributed by atoms with van der Waals surface area (Å²) in [7, 11) is -3.94. The monoisotopic (exact) mass is 383 g/mol. The highest BCUT2D eigenvalue weighted by Crippen LogP contribution is 2.38. The van der Waals surface area contributed by atoms with E-state index in [1.807, 2.05) is 31.2 Å². The second kappa shape index (κ2) is 8.09. The third-order valence-corrected chi connectivity index (χ3v) is 6.61. The van der Waals surface area contributed by atoms with Gasteiger partial charge in [-0.3, -0.25) is 4.79 Å². The van der Waals surface area contributed by atoms with E-state index in [1.165, 1.54) is 0 Å². The van der Waals surface area contributed by atoms with Gasteiger partial charge < -0.3 is 0 Å². The smallest absolute Gasteiger partial charge is 0.268 e. The molecule has 1 aliphatic rings. The summed E-state index contributed by atoms with van der Waals surface area (Å²) >= 11 is 0. The molecule has 0 saturated heterocycles. The number of allylic oxidation sites excluding steroid dienone is 1. The minimum absolute atomic E-state index is 0.138. The van der Waals surface area contributed by atoms with Crippen molar-refractivity contribution in [3.05, 3.63) is 77.4 Å². The topological polar surface area (TPSA) is 54.5 Å². The largest absolute Gasteiger partial charge is 0.268 e. The summed E-state index contributed by atoms with van der Waals surface area (Å²) in [4.78, 5) is 13.1. The molecule has 142 valence electrons. The van der Waals surface area contributed by atoms with Gasteiger partial charge in [0.05, 0.1) is 10.9 Å². The normalized spacial score (nSPS) is 16.9. The third kappa shape index (κ3) is 3.83. The highest BCUT2D eigenvalue weighted by atomic mass is 32.2. The Morgan fingerprint density at radius 1 is 1.04 bits per heavy atom. The molecular formula is C22H25NO3S. The fourth-order valence-electron chi connectivity index (χ4n) is 3.32. The molecule has 2 aromatic rings. The Morgan fingerprint density at radius 3 is 2.44 bits per heavy atom. The number of fused-ring (bicyclic) bond motifs is 1. The first-order valence-corrected chi connectivity index (χ1v) is 10.8. The number of nitrogens with zero attached hydrogens (tertiary/aromatic N) is 1. The van der Waals surface area contributed by atoms with Crippen molar-refractivity contribution >= 4 is 15.9 Å². The Kier molecular flexibility index (Phi) is 5.80. The summed E-state index contributed by atoms with van der Waals surface area (Å²) in [6.07, 6.45) is 8.04. The summed E-state index contributed by atoms with van der Waals surface area (Å²) in [6, 6.07) is 13.1. The number of carbonyl (C=O) groups is 1. The number of aryl methyl sites for hydroxylation is 1. The zero-order valence-electron chi connectivity index (χ0n) is 15.8. The molecule has 1 heterocycles. The SMILES string of the molecule is CCCCC/C=C/C1c2ccccc2C(=O)N1S(=O)(=O)c1ccc(C)cc1. The molecule has 0 aliphatic carbocycles. The van der Waals surface area contributed by atoms with Gasteiger partial charge in [0, 0.05) is 5.56 Å². The van der Waals surface area contributed by atoms with Gasteiger partial charge in [0.1, 0.15) is 0 Å². The highest BCUT2D eigenvalue weighted by molar-refractivity contribution is 7.89. The quantitative estimate of drug-likeness (QED) is 0.498. The first kappa shape index (κ1) is 19.4. The maximum absolute atomic E-state index is 13.2. The van der Waals surface area contributed by atoms with Gasteiger partial charge >= 0.3 is 0 Å². The van der Waals surface area contributed by atoms with E-state index in [0.29, 0.717) is 5.56 Å². The molecule has 0 radical (unpaired) electrons. The Hall–Kier alpha value is -2.40. The molecule has 0 N–H and O–H groups in total. The lowest BCUT2D eigenvalue weighted by molar-refractivity contribution is 0.0867. The van der Waals surface area contributed by atoms with E-state index in [2.05, 4.69) is 6.92 Å². The molecular weight excluding hydrogens is 358 g/mol. The first-order valence-electron chi connectivity index (χ1n) is 9.38. The van der Waals surface area contributed by atoms with Crippen molar-refractivity contribution in [2.75, 3.05) is 0 Å². The van der Waals surface area contributed by atoms with Gasteiger partial charge in [0.25, 0.3) is 15.9 Å². The van der Waals surface area contributed by atoms with Crippen molar-refractivity contribution in [1.82, 2.24) is 4.31 Å². The molecule has 2 aromatic carbocycles. The lowest BCUT2D eigenvalue weighted by atomic mass is 10.0. The molecule has 1 amide bonds. The lowest BCUT2D eigenvalue weighted by Crippen LogP contribution is -2.34. The van der Waals surface area contributed by atoms with Gasteiger partial charge in [-0.2, -0.15) is 0 Å². The fraction of sp³-hybridized carbons (Fsp3) is 0.318. The number of rotatable bonds is 7. The van der Waals surface area contributed by atoms with Crippen LogP contribution < -0.4 is 0 Å². The Morgan fingerprint density at radius 2 is 1.74 bits per heavy atom. The summed E-state index contributed by atoms with van der Waals surface area (Å²) < 4.78 is 27.5. The molecule has 27 heavy (non-hydrogen) atoms. The van der Waals surface area contributed by atoms with E-state index in [4.69, 9.17) is 0 Å². The summed E-state index contributed by atoms with van der Waals surface area (Å²) in [6.45, 7) is 4.04. The van der Waals surface area contributed by atoms with Crippen LogP contribution in [0.5, 0.6) is 0 Å². The molecule has 0 fully saturated rings. The molecule has 0 bridgehead atoms. The van der Waals surface area contributed by atoms with Crippen molar-refractivity contribution in [3.8, 4) is 0 Å². The third-order valence-electron chi connectivity index (χ3n) is 4.83. The number of hydrogen-bond acceptors (Lipinski definition) is 3. The van der Waals surface area contributed by atoms with Crippen LogP contribution in [0.25, 0.3) is 0 Å². The maximum Gasteiger partial charge on any atom is 0.268 e. The second-order valence-electron chi connectivity index (χ2n) is 6.88. The number of carbonyl (C=O) groups excluding carboxylic acids is 1. The van der Waals surface area contributed by atoms with Crippen LogP contribution in [0.1, 0.15) is 60.1 Å². The van der Waals surface area contributed by atoms with Crippen molar-refractivity contribution in [2.45, 2.75) is 50.5 Å². The van der Waals surface area contributed by atoms with Crippen LogP contribution in [0.15, 0.2) is 65.6 Å². The van der Waals surface area contributed by atoms with Crippen LogP contribution in [0, 0.1) is 6.92 Å². The predicted octanol–water partition coefficient (Wildman–Crippen LogP) is 5.02. The van der Waals surface area contributed by atoms with E-state index >= 15 is 0 Å². The van der Waals surface area contributed by atoms with Crippen molar-refractivity contribution in [2.24, 2.45) is 0 Å². The van der Waals surface area contributed by atoms with Gasteiger partial charge in [0.15, 0.2) is 0 Å². The minimum Gasteiger partial charge on any atom is -0.268 e. The van der Waals surface area contributed by atoms with Crippen molar-refractivity contribution in [1.29, 1.82) is 0 Å². The Balaban J connectivity index is 1.98. The van der Waals surface area contributed by atoms with E-state index in [9.17, 15) is 13.2 Å². The van der Waals surface area contributed by atoms with E-state index in [1.54, 1.807) is 36.4 Å². The van der Waals surface area contributed by atoms with Gasteiger partial charge in [-0.1, -0.05) is 67.8 Å². The Labute approximate surface area is 161 Å². The zero-order chi connectivity index (χ0) is 19.4. The molecule has 0 saturated carbocycles. The summed E-state index contributed by atoms with van der Waals surface area (Å²) in [5, 5.41) is 0. The summed E-state index contributed by atoms with van der Waals surface area (Å²) in [5.74, 6) is -0.464. The van der Waals surface area contributed by atoms with E-state index < -0.39 is 22.0 Å². The van der Waals surface area contributed by atoms with Crippen LogP contribution in [-0.4, -0.2) is 18.6 Å². The van der Waals surface area contributed by atoms with E-state index in [-0.39, 0.29) is 4.90 Å². The molecule has 1 atom stereocenters. The zero-order valence-corrected chi connectivity index (χ0v) is 16.6. The van der Waals surface area contributed by atoms with Crippen molar-refractivity contribution < 1.29 is 13.2 Å². The number of benzene rings is 2. The fourth-order valence-corrected chi connectivity index (χ4v) is 4.83. The van der Waals surface area contributed by atoms with Crippen LogP contribution >= 0.6 is 0 Å². The standard InChI is InChI=1S/C22H25NO3S/c1-3-4-5-6-7-12-21-19-10-8-9-11-20(19)22(24)23(21)27(25,26)18-15-13-17(2)14-16-18/h7-16,21H,3-6H2,1-2H3/b12-7+. The minimum atomic E-state index is -3.94. The van der Waals surface area contributed by atoms with Gasteiger partial charge in [-0.25, -0.2) is 12.7 Å². The van der Waals surface area contributed by atoms with Crippen LogP contribution in [-0.2, 0) is 10.0 Å². The number of sulfonamides is 1. The molecule has 0 spiro atoms. The molecule has 5 heteroatoms. The molecule has 1 unspecified atom stereocenters. The second-order valence-corrected chi connectivity index (χ2v) is 8.69. The number of unbranched alkanes of at least 4 members (excludes halogenated alkanes) is 3. The first-order chi connectivity index (χ1) is 13.0. The van der Waals surface area contributed by atoms with Gasteiger partial charge in [-0.15, -0.1) is 0 Å². The molecule has 3 rings (SSSR count).